The van der Waals surface area contributed by atoms with E-state index in [0.29, 0.717) is 10.6 Å². The Morgan fingerprint density at radius 3 is 2.50 bits per heavy atom. The Morgan fingerprint density at radius 1 is 1.25 bits per heavy atom. The molecule has 0 fully saturated rings. The van der Waals surface area contributed by atoms with Crippen LogP contribution in [-0.2, 0) is 6.18 Å². The van der Waals surface area contributed by atoms with Crippen molar-refractivity contribution in [2.24, 2.45) is 5.73 Å². The summed E-state index contributed by atoms with van der Waals surface area (Å²) in [5.41, 5.74) is 6.66. The number of hydrogen-bond donors (Lipinski definition) is 1. The fraction of sp³-hybridized carbons (Fsp3) is 0.357. The van der Waals surface area contributed by atoms with Gasteiger partial charge in [0.25, 0.3) is 0 Å². The number of rotatable bonds is 3. The molecule has 0 aliphatic heterocycles. The van der Waals surface area contributed by atoms with Gasteiger partial charge in [0.15, 0.2) is 0 Å². The fourth-order valence-corrected chi connectivity index (χ4v) is 2.77. The van der Waals surface area contributed by atoms with E-state index in [1.165, 1.54) is 17.4 Å². The van der Waals surface area contributed by atoms with Gasteiger partial charge < -0.3 is 5.73 Å². The van der Waals surface area contributed by atoms with E-state index in [1.807, 2.05) is 19.2 Å². The molecule has 108 valence electrons. The summed E-state index contributed by atoms with van der Waals surface area (Å²) in [6.07, 6.45) is -4.36. The van der Waals surface area contributed by atoms with Crippen molar-refractivity contribution in [3.05, 3.63) is 51.5 Å². The highest BCUT2D eigenvalue weighted by Gasteiger charge is 2.31. The predicted octanol–water partition coefficient (Wildman–Crippen LogP) is 4.33. The second-order valence-corrected chi connectivity index (χ2v) is 5.76. The highest BCUT2D eigenvalue weighted by molar-refractivity contribution is 7.09. The van der Waals surface area contributed by atoms with Gasteiger partial charge in [-0.15, -0.1) is 11.3 Å². The molecule has 2 nitrogen and oxygen atoms in total. The number of nitrogens with two attached hydrogens (primary N) is 1. The van der Waals surface area contributed by atoms with E-state index in [-0.39, 0.29) is 5.92 Å². The Kier molecular flexibility index (Phi) is 4.15. The van der Waals surface area contributed by atoms with E-state index < -0.39 is 17.8 Å². The van der Waals surface area contributed by atoms with Crippen molar-refractivity contribution < 1.29 is 13.2 Å². The zero-order chi connectivity index (χ0) is 14.9. The van der Waals surface area contributed by atoms with Crippen LogP contribution in [0.3, 0.4) is 0 Å². The predicted molar refractivity (Wildman–Crippen MR) is 73.7 cm³/mol. The molecule has 1 aromatic carbocycles. The molecule has 20 heavy (non-hydrogen) atoms. The summed E-state index contributed by atoms with van der Waals surface area (Å²) in [6, 6.07) is 4.46. The van der Waals surface area contributed by atoms with Gasteiger partial charge in [0.05, 0.1) is 17.3 Å². The van der Waals surface area contributed by atoms with E-state index in [0.717, 1.165) is 17.8 Å². The van der Waals surface area contributed by atoms with Gasteiger partial charge in [-0.3, -0.25) is 0 Å². The zero-order valence-electron chi connectivity index (χ0n) is 11.1. The lowest BCUT2D eigenvalue weighted by Crippen LogP contribution is -2.13. The van der Waals surface area contributed by atoms with Gasteiger partial charge in [-0.1, -0.05) is 26.0 Å². The molecule has 1 heterocycles. The molecule has 6 heteroatoms. The normalized spacial score (nSPS) is 13.8. The number of alkyl halides is 3. The summed E-state index contributed by atoms with van der Waals surface area (Å²) in [5.74, 6) is 0.272. The summed E-state index contributed by atoms with van der Waals surface area (Å²) < 4.78 is 38.1. The Hall–Kier alpha value is -1.40. The van der Waals surface area contributed by atoms with Gasteiger partial charge in [0.1, 0.15) is 5.01 Å². The maximum atomic E-state index is 12.7. The largest absolute Gasteiger partial charge is 0.416 e. The molecular formula is C14H15F3N2S. The summed E-state index contributed by atoms with van der Waals surface area (Å²) in [7, 11) is 0. The Bertz CT molecular complexity index is 590. The smallest absolute Gasteiger partial charge is 0.318 e. The molecule has 2 N–H and O–H groups in total. The lowest BCUT2D eigenvalue weighted by atomic mass is 10.0. The standard InChI is InChI=1S/C14H15F3N2S/c1-8(2)11-7-20-13(19-11)12(18)9-4-3-5-10(6-9)14(15,16)17/h3-8,12H,18H2,1-2H3. The molecule has 0 radical (unpaired) electrons. The molecule has 0 saturated carbocycles. The molecule has 0 bridgehead atoms. The maximum absolute atomic E-state index is 12.7. The molecule has 0 amide bonds. The van der Waals surface area contributed by atoms with Crippen LogP contribution in [0.25, 0.3) is 0 Å². The van der Waals surface area contributed by atoms with E-state index in [2.05, 4.69) is 4.98 Å². The number of halogens is 3. The van der Waals surface area contributed by atoms with E-state index >= 15 is 0 Å². The third kappa shape index (κ3) is 3.19. The first kappa shape index (κ1) is 15.0. The topological polar surface area (TPSA) is 38.9 Å². The van der Waals surface area contributed by atoms with Crippen LogP contribution < -0.4 is 5.73 Å². The highest BCUT2D eigenvalue weighted by Crippen LogP contribution is 2.32. The molecule has 0 aliphatic rings. The third-order valence-electron chi connectivity index (χ3n) is 2.97. The van der Waals surface area contributed by atoms with E-state index in [9.17, 15) is 13.2 Å². The van der Waals surface area contributed by atoms with Crippen molar-refractivity contribution in [2.45, 2.75) is 32.0 Å². The van der Waals surface area contributed by atoms with Gasteiger partial charge in [0, 0.05) is 5.38 Å². The molecule has 0 aliphatic carbocycles. The van der Waals surface area contributed by atoms with Gasteiger partial charge in [0.2, 0.25) is 0 Å². The molecule has 2 rings (SSSR count). The van der Waals surface area contributed by atoms with Crippen LogP contribution in [-0.4, -0.2) is 4.98 Å². The molecule has 1 unspecified atom stereocenters. The van der Waals surface area contributed by atoms with Crippen LogP contribution in [0, 0.1) is 0 Å². The fourth-order valence-electron chi connectivity index (χ4n) is 1.76. The highest BCUT2D eigenvalue weighted by atomic mass is 32.1. The van der Waals surface area contributed by atoms with Crippen molar-refractivity contribution in [2.75, 3.05) is 0 Å². The van der Waals surface area contributed by atoms with Crippen LogP contribution in [0.15, 0.2) is 29.6 Å². The first-order chi connectivity index (χ1) is 9.29. The second kappa shape index (κ2) is 5.54. The van der Waals surface area contributed by atoms with Crippen LogP contribution in [0.4, 0.5) is 13.2 Å². The minimum Gasteiger partial charge on any atom is -0.318 e. The van der Waals surface area contributed by atoms with Crippen LogP contribution in [0.1, 0.15) is 47.6 Å². The minimum absolute atomic E-state index is 0.272. The Morgan fingerprint density at radius 2 is 1.95 bits per heavy atom. The molecular weight excluding hydrogens is 285 g/mol. The van der Waals surface area contributed by atoms with Crippen molar-refractivity contribution in [1.82, 2.24) is 4.98 Å². The average Bonchev–Trinajstić information content (AvgIpc) is 2.87. The van der Waals surface area contributed by atoms with Crippen LogP contribution in [0.2, 0.25) is 0 Å². The molecule has 0 spiro atoms. The Labute approximate surface area is 119 Å². The lowest BCUT2D eigenvalue weighted by molar-refractivity contribution is -0.137. The summed E-state index contributed by atoms with van der Waals surface area (Å²) in [5, 5.41) is 2.53. The number of aromatic nitrogens is 1. The molecule has 0 saturated heterocycles. The first-order valence-electron chi connectivity index (χ1n) is 6.17. The maximum Gasteiger partial charge on any atom is 0.416 e. The third-order valence-corrected chi connectivity index (χ3v) is 3.92. The van der Waals surface area contributed by atoms with Gasteiger partial charge in [-0.05, 0) is 23.6 Å². The number of benzene rings is 1. The summed E-state index contributed by atoms with van der Waals surface area (Å²) in [6.45, 7) is 4.02. The average molecular weight is 300 g/mol. The first-order valence-corrected chi connectivity index (χ1v) is 7.05. The minimum atomic E-state index is -4.36. The van der Waals surface area contributed by atoms with Gasteiger partial charge in [-0.2, -0.15) is 13.2 Å². The molecule has 2 aromatic rings. The zero-order valence-corrected chi connectivity index (χ0v) is 11.9. The molecule has 1 atom stereocenters. The SMILES string of the molecule is CC(C)c1csc(C(N)c2cccc(C(F)(F)F)c2)n1. The number of thiazole rings is 1. The van der Waals surface area contributed by atoms with Crippen molar-refractivity contribution >= 4 is 11.3 Å². The molecule has 1 aromatic heterocycles. The van der Waals surface area contributed by atoms with Gasteiger partial charge in [-0.25, -0.2) is 4.98 Å². The second-order valence-electron chi connectivity index (χ2n) is 4.87. The van der Waals surface area contributed by atoms with Crippen molar-refractivity contribution in [1.29, 1.82) is 0 Å². The monoisotopic (exact) mass is 300 g/mol. The van der Waals surface area contributed by atoms with Crippen LogP contribution >= 0.6 is 11.3 Å². The van der Waals surface area contributed by atoms with E-state index in [4.69, 9.17) is 5.73 Å². The number of nitrogens with zero attached hydrogens (tertiary/aromatic N) is 1. The quantitative estimate of drug-likeness (QED) is 0.916. The summed E-state index contributed by atoms with van der Waals surface area (Å²) >= 11 is 1.38. The van der Waals surface area contributed by atoms with Crippen LogP contribution in [0.5, 0.6) is 0 Å². The lowest BCUT2D eigenvalue weighted by Gasteiger charge is -2.12. The Balaban J connectivity index is 2.30. The van der Waals surface area contributed by atoms with Crippen molar-refractivity contribution in [3.8, 4) is 0 Å². The van der Waals surface area contributed by atoms with E-state index in [1.54, 1.807) is 6.07 Å². The van der Waals surface area contributed by atoms with Gasteiger partial charge >= 0.3 is 6.18 Å². The number of hydrogen-bond acceptors (Lipinski definition) is 3. The summed E-state index contributed by atoms with van der Waals surface area (Å²) in [4.78, 5) is 4.39. The van der Waals surface area contributed by atoms with Crippen molar-refractivity contribution in [3.63, 3.8) is 0 Å².